The van der Waals surface area contributed by atoms with Crippen LogP contribution in [-0.4, -0.2) is 0 Å². The van der Waals surface area contributed by atoms with Gasteiger partial charge in [-0.15, -0.1) is 0 Å². The predicted octanol–water partition coefficient (Wildman–Crippen LogP) is 5.32. The largest absolute Gasteiger partial charge is 1.00 e. The number of hydrogen-bond donors (Lipinski definition) is 0. The zero-order valence-corrected chi connectivity index (χ0v) is 20.3. The van der Waals surface area contributed by atoms with Crippen molar-refractivity contribution in [1.29, 1.82) is 0 Å². The van der Waals surface area contributed by atoms with Crippen molar-refractivity contribution in [2.45, 2.75) is 24.6 Å². The van der Waals surface area contributed by atoms with Crippen molar-refractivity contribution in [2.75, 3.05) is 0 Å². The van der Waals surface area contributed by atoms with Crippen molar-refractivity contribution in [1.82, 2.24) is 0 Å². The fourth-order valence-electron chi connectivity index (χ4n) is 4.22. The lowest BCUT2D eigenvalue weighted by Crippen LogP contribution is -2.18. The molecule has 0 saturated carbocycles. The lowest BCUT2D eigenvalue weighted by molar-refractivity contribution is -0.407. The zero-order valence-electron chi connectivity index (χ0n) is 20.5. The minimum atomic E-state index is -3.37. The van der Waals surface area contributed by atoms with E-state index in [0.29, 0.717) is 0 Å². The second-order valence-electron chi connectivity index (χ2n) is 8.14. The van der Waals surface area contributed by atoms with Gasteiger partial charge < -0.3 is 23.3 Å². The van der Waals surface area contributed by atoms with Crippen LogP contribution in [0, 0.1) is 0 Å². The second kappa shape index (κ2) is 13.4. The van der Waals surface area contributed by atoms with Crippen molar-refractivity contribution in [3.05, 3.63) is 144 Å². The van der Waals surface area contributed by atoms with Gasteiger partial charge in [-0.05, 0) is 22.3 Å². The highest BCUT2D eigenvalue weighted by Crippen LogP contribution is 2.68. The number of rotatable bonds is 8. The van der Waals surface area contributed by atoms with Crippen molar-refractivity contribution in [3.8, 4) is 0 Å². The number of benzene rings is 4. The van der Waals surface area contributed by atoms with Crippen LogP contribution in [0.25, 0.3) is 0 Å². The first-order chi connectivity index (χ1) is 16.0. The van der Waals surface area contributed by atoms with Crippen LogP contribution in [-0.2, 0) is 24.6 Å². The van der Waals surface area contributed by atoms with Gasteiger partial charge in [0.05, 0.1) is 24.6 Å². The molecule has 0 amide bonds. The second-order valence-corrected chi connectivity index (χ2v) is 12.5. The summed E-state index contributed by atoms with van der Waals surface area (Å²) in [5, 5.41) is 0. The maximum atomic E-state index is 8.48. The monoisotopic (exact) mass is 476 g/mol. The summed E-state index contributed by atoms with van der Waals surface area (Å²) in [6.07, 6.45) is 4.69. The molecule has 0 fully saturated rings. The van der Waals surface area contributed by atoms with E-state index in [0.717, 1.165) is 0 Å². The normalized spacial score (nSPS) is 11.0. The van der Waals surface area contributed by atoms with E-state index in [-0.39, 0.29) is 2.85 Å². The molecule has 0 N–H and O–H groups in total. The average molecular weight is 476 g/mol. The summed E-state index contributed by atoms with van der Waals surface area (Å²) < 4.78 is 0. The third-order valence-electron chi connectivity index (χ3n) is 5.44. The summed E-state index contributed by atoms with van der Waals surface area (Å²) in [4.78, 5) is 25.4. The van der Waals surface area contributed by atoms with Crippen LogP contribution in [0.3, 0.4) is 0 Å². The summed E-state index contributed by atoms with van der Waals surface area (Å²) in [6.45, 7) is 0. The van der Waals surface area contributed by atoms with Crippen molar-refractivity contribution in [2.24, 2.45) is 0 Å². The highest BCUT2D eigenvalue weighted by atomic mass is 31.2. The summed E-state index contributed by atoms with van der Waals surface area (Å²) in [5.74, 6) is 0. The third-order valence-corrected chi connectivity index (χ3v) is 9.59. The van der Waals surface area contributed by atoms with E-state index >= 15 is 0 Å². The predicted molar refractivity (Wildman–Crippen MR) is 137 cm³/mol. The SMILES string of the molecule is [H+].[H+].[O-]P([O-])[O-].c1ccc(C[P+](Cc2ccccc2)(Cc2ccccc2)Cc2ccccc2)cc1. The Hall–Kier alpha value is -2.38. The van der Waals surface area contributed by atoms with Crippen LogP contribution >= 0.6 is 15.9 Å². The molecule has 4 aromatic carbocycles. The minimum Gasteiger partial charge on any atom is -0.854 e. The first-order valence-electron chi connectivity index (χ1n) is 10.9. The standard InChI is InChI=1S/C28H28P.O3P/c1-5-13-25(14-6-1)21-29(22-26-15-7-2-8-16-26,23-27-17-9-3-10-18-27)24-28-19-11-4-12-20-28;1-4(2)3/h1-20H,21-24H2;/q+1;-3/p+2. The molecule has 5 heteroatoms. The molecule has 0 aliphatic rings. The molecule has 0 aliphatic heterocycles. The third kappa shape index (κ3) is 9.18. The summed E-state index contributed by atoms with van der Waals surface area (Å²) in [6, 6.07) is 44.3. The average Bonchev–Trinajstić information content (AvgIpc) is 2.81. The minimum absolute atomic E-state index is 0. The van der Waals surface area contributed by atoms with Gasteiger partial charge in [0.15, 0.2) is 0 Å². The van der Waals surface area contributed by atoms with Gasteiger partial charge in [-0.25, -0.2) is 0 Å². The van der Waals surface area contributed by atoms with Crippen molar-refractivity contribution >= 4 is 15.9 Å². The van der Waals surface area contributed by atoms with Crippen LogP contribution in [0.15, 0.2) is 121 Å². The summed E-state index contributed by atoms with van der Waals surface area (Å²) in [7, 11) is -4.75. The molecule has 33 heavy (non-hydrogen) atoms. The van der Waals surface area contributed by atoms with Crippen molar-refractivity contribution in [3.63, 3.8) is 0 Å². The Labute approximate surface area is 201 Å². The Morgan fingerprint density at radius 2 is 0.606 bits per heavy atom. The van der Waals surface area contributed by atoms with Gasteiger partial charge in [-0.1, -0.05) is 121 Å². The van der Waals surface area contributed by atoms with Gasteiger partial charge in [-0.3, -0.25) is 0 Å². The fourth-order valence-corrected chi connectivity index (χ4v) is 8.83. The van der Waals surface area contributed by atoms with Crippen LogP contribution in [0.5, 0.6) is 0 Å². The first-order valence-corrected chi connectivity index (χ1v) is 14.5. The molecule has 0 unspecified atom stereocenters. The van der Waals surface area contributed by atoms with Gasteiger partial charge in [0.2, 0.25) is 0 Å². The highest BCUT2D eigenvalue weighted by Gasteiger charge is 2.38. The van der Waals surface area contributed by atoms with E-state index in [2.05, 4.69) is 121 Å². The van der Waals surface area contributed by atoms with Crippen LogP contribution in [0.2, 0.25) is 0 Å². The molecule has 0 saturated heterocycles. The molecule has 0 bridgehead atoms. The molecule has 0 radical (unpaired) electrons. The van der Waals surface area contributed by atoms with E-state index in [1.165, 1.54) is 46.9 Å². The molecular weight excluding hydrogens is 446 g/mol. The van der Waals surface area contributed by atoms with Crippen LogP contribution in [0.1, 0.15) is 25.1 Å². The molecule has 170 valence electrons. The molecule has 4 rings (SSSR count). The quantitative estimate of drug-likeness (QED) is 0.323. The zero-order chi connectivity index (χ0) is 23.4. The fraction of sp³-hybridized carbons (Fsp3) is 0.143. The molecule has 0 spiro atoms. The molecule has 4 aromatic rings. The lowest BCUT2D eigenvalue weighted by Gasteiger charge is -2.39. The van der Waals surface area contributed by atoms with E-state index < -0.39 is 15.9 Å². The molecular formula is C28H30O3P2. The van der Waals surface area contributed by atoms with Gasteiger partial charge in [0.25, 0.3) is 0 Å². The lowest BCUT2D eigenvalue weighted by atomic mass is 10.2. The first kappa shape index (κ1) is 25.2. The van der Waals surface area contributed by atoms with Gasteiger partial charge in [0.1, 0.15) is 0 Å². The van der Waals surface area contributed by atoms with Gasteiger partial charge in [-0.2, -0.15) is 0 Å². The van der Waals surface area contributed by atoms with Gasteiger partial charge in [0, 0.05) is 7.26 Å². The molecule has 0 aliphatic carbocycles. The van der Waals surface area contributed by atoms with E-state index in [9.17, 15) is 0 Å². The Morgan fingerprint density at radius 1 is 0.424 bits per heavy atom. The maximum Gasteiger partial charge on any atom is 1.00 e. The maximum absolute atomic E-state index is 8.48. The van der Waals surface area contributed by atoms with E-state index in [1.807, 2.05) is 0 Å². The molecule has 0 heterocycles. The summed E-state index contributed by atoms with van der Waals surface area (Å²) in [5.41, 5.74) is 5.85. The molecule has 0 atom stereocenters. The number of hydrogen-bond acceptors (Lipinski definition) is 3. The van der Waals surface area contributed by atoms with E-state index in [4.69, 9.17) is 14.7 Å². The molecule has 0 aromatic heterocycles. The Balaban J connectivity index is 0.000000950. The van der Waals surface area contributed by atoms with Crippen molar-refractivity contribution < 1.29 is 17.5 Å². The van der Waals surface area contributed by atoms with Gasteiger partial charge >= 0.3 is 2.85 Å². The molecule has 3 nitrogen and oxygen atoms in total. The van der Waals surface area contributed by atoms with Crippen LogP contribution < -0.4 is 14.7 Å². The topological polar surface area (TPSA) is 69.2 Å². The Kier molecular flexibility index (Phi) is 10.2. The Morgan fingerprint density at radius 3 is 0.788 bits per heavy atom. The van der Waals surface area contributed by atoms with E-state index in [1.54, 1.807) is 0 Å². The smallest absolute Gasteiger partial charge is 0.854 e. The Bertz CT molecular complexity index is 880. The van der Waals surface area contributed by atoms with Crippen LogP contribution in [0.4, 0.5) is 0 Å². The summed E-state index contributed by atoms with van der Waals surface area (Å²) >= 11 is 0. The highest BCUT2D eigenvalue weighted by molar-refractivity contribution is 7.72.